The number of amides is 3. The van der Waals surface area contributed by atoms with Gasteiger partial charge in [-0.05, 0) is 18.2 Å². The van der Waals surface area contributed by atoms with E-state index in [1.165, 1.54) is 18.0 Å². The minimum absolute atomic E-state index is 0.0642. The molecular formula is C18H15FN2O3. The lowest BCUT2D eigenvalue weighted by Crippen LogP contribution is -2.41. The van der Waals surface area contributed by atoms with Crippen LogP contribution in [0.25, 0.3) is 0 Å². The van der Waals surface area contributed by atoms with Gasteiger partial charge in [0.15, 0.2) is 0 Å². The molecule has 3 amide bonds. The highest BCUT2D eigenvalue weighted by Crippen LogP contribution is 2.22. The maximum Gasteiger partial charge on any atom is 0.262 e. The Morgan fingerprint density at radius 1 is 1.00 bits per heavy atom. The van der Waals surface area contributed by atoms with E-state index in [9.17, 15) is 18.8 Å². The lowest BCUT2D eigenvalue weighted by Gasteiger charge is -2.21. The van der Waals surface area contributed by atoms with Crippen molar-refractivity contribution in [2.24, 2.45) is 0 Å². The average Bonchev–Trinajstić information content (AvgIpc) is 2.82. The quantitative estimate of drug-likeness (QED) is 0.808. The summed E-state index contributed by atoms with van der Waals surface area (Å²) in [5, 5.41) is 0. The normalized spacial score (nSPS) is 13.2. The van der Waals surface area contributed by atoms with Crippen molar-refractivity contribution < 1.29 is 18.8 Å². The maximum absolute atomic E-state index is 13.7. The Bertz CT molecular complexity index is 800. The monoisotopic (exact) mass is 326 g/mol. The van der Waals surface area contributed by atoms with Crippen LogP contribution in [0.4, 0.5) is 4.39 Å². The van der Waals surface area contributed by atoms with Crippen LogP contribution in [-0.4, -0.2) is 41.1 Å². The zero-order chi connectivity index (χ0) is 17.3. The van der Waals surface area contributed by atoms with Crippen molar-refractivity contribution >= 4 is 17.7 Å². The van der Waals surface area contributed by atoms with E-state index in [4.69, 9.17) is 0 Å². The first-order valence-corrected chi connectivity index (χ1v) is 7.41. The van der Waals surface area contributed by atoms with Crippen LogP contribution in [0.2, 0.25) is 0 Å². The number of hydrogen-bond donors (Lipinski definition) is 0. The van der Waals surface area contributed by atoms with Crippen molar-refractivity contribution in [1.82, 2.24) is 9.80 Å². The molecule has 0 saturated carbocycles. The zero-order valence-corrected chi connectivity index (χ0v) is 13.0. The molecule has 0 fully saturated rings. The Morgan fingerprint density at radius 2 is 1.54 bits per heavy atom. The zero-order valence-electron chi connectivity index (χ0n) is 13.0. The van der Waals surface area contributed by atoms with Crippen LogP contribution in [0.1, 0.15) is 26.3 Å². The Labute approximate surface area is 138 Å². The highest BCUT2D eigenvalue weighted by Gasteiger charge is 2.36. The highest BCUT2D eigenvalue weighted by molar-refractivity contribution is 6.22. The largest absolute Gasteiger partial charge is 0.340 e. The fraction of sp³-hybridized carbons (Fsp3) is 0.167. The Hall–Kier alpha value is -3.02. The second-order valence-corrected chi connectivity index (χ2v) is 5.58. The van der Waals surface area contributed by atoms with Gasteiger partial charge in [0.1, 0.15) is 12.4 Å². The van der Waals surface area contributed by atoms with Crippen molar-refractivity contribution in [3.05, 3.63) is 71.0 Å². The van der Waals surface area contributed by atoms with Crippen LogP contribution < -0.4 is 0 Å². The predicted molar refractivity (Wildman–Crippen MR) is 84.7 cm³/mol. The molecule has 6 heteroatoms. The van der Waals surface area contributed by atoms with Crippen molar-refractivity contribution in [1.29, 1.82) is 0 Å². The fourth-order valence-corrected chi connectivity index (χ4v) is 2.61. The molecule has 0 radical (unpaired) electrons. The third-order valence-corrected chi connectivity index (χ3v) is 3.96. The Balaban J connectivity index is 1.70. The minimum atomic E-state index is -0.483. The molecule has 0 spiro atoms. The smallest absolute Gasteiger partial charge is 0.262 e. The van der Waals surface area contributed by atoms with Gasteiger partial charge in [0.2, 0.25) is 5.91 Å². The molecule has 24 heavy (non-hydrogen) atoms. The van der Waals surface area contributed by atoms with E-state index in [1.807, 2.05) is 0 Å². The second kappa shape index (κ2) is 6.23. The molecular weight excluding hydrogens is 311 g/mol. The lowest BCUT2D eigenvalue weighted by molar-refractivity contribution is -0.130. The number of halogens is 1. The molecule has 0 bridgehead atoms. The molecule has 122 valence electrons. The summed E-state index contributed by atoms with van der Waals surface area (Å²) in [4.78, 5) is 39.0. The van der Waals surface area contributed by atoms with Gasteiger partial charge in [-0.3, -0.25) is 19.3 Å². The van der Waals surface area contributed by atoms with Crippen LogP contribution in [0.3, 0.4) is 0 Å². The van der Waals surface area contributed by atoms with Gasteiger partial charge in [-0.15, -0.1) is 0 Å². The van der Waals surface area contributed by atoms with E-state index >= 15 is 0 Å². The molecule has 0 N–H and O–H groups in total. The third-order valence-electron chi connectivity index (χ3n) is 3.96. The van der Waals surface area contributed by atoms with Gasteiger partial charge in [-0.1, -0.05) is 30.3 Å². The molecule has 1 aliphatic rings. The summed E-state index contributed by atoms with van der Waals surface area (Å²) in [6.07, 6.45) is 0. The van der Waals surface area contributed by atoms with Crippen molar-refractivity contribution in [2.75, 3.05) is 13.6 Å². The minimum Gasteiger partial charge on any atom is -0.340 e. The summed E-state index contributed by atoms with van der Waals surface area (Å²) in [5.41, 5.74) is 0.967. The van der Waals surface area contributed by atoms with Gasteiger partial charge < -0.3 is 4.90 Å². The van der Waals surface area contributed by atoms with Gasteiger partial charge >= 0.3 is 0 Å². The SMILES string of the molecule is CN(Cc1ccccc1F)C(=O)CN1C(=O)c2ccccc2C1=O. The standard InChI is InChI=1S/C18H15FN2O3/c1-20(10-12-6-2-5-9-15(12)19)16(22)11-21-17(23)13-7-3-4-8-14(13)18(21)24/h2-9H,10-11H2,1H3. The Kier molecular flexibility index (Phi) is 4.12. The number of likely N-dealkylation sites (N-methyl/N-ethyl adjacent to an activating group) is 1. The molecule has 2 aromatic rings. The number of hydrogen-bond acceptors (Lipinski definition) is 3. The van der Waals surface area contributed by atoms with E-state index in [0.717, 1.165) is 4.90 Å². The molecule has 0 aromatic heterocycles. The van der Waals surface area contributed by atoms with E-state index in [2.05, 4.69) is 0 Å². The van der Waals surface area contributed by atoms with Crippen molar-refractivity contribution in [2.45, 2.75) is 6.54 Å². The lowest BCUT2D eigenvalue weighted by atomic mass is 10.1. The first-order chi connectivity index (χ1) is 11.5. The number of carbonyl (C=O) groups is 3. The van der Waals surface area contributed by atoms with Gasteiger partial charge in [0, 0.05) is 19.2 Å². The van der Waals surface area contributed by atoms with E-state index in [1.54, 1.807) is 42.5 Å². The highest BCUT2D eigenvalue weighted by atomic mass is 19.1. The fourth-order valence-electron chi connectivity index (χ4n) is 2.61. The van der Waals surface area contributed by atoms with Crippen LogP contribution in [-0.2, 0) is 11.3 Å². The average molecular weight is 326 g/mol. The van der Waals surface area contributed by atoms with Gasteiger partial charge in [0.05, 0.1) is 11.1 Å². The number of nitrogens with zero attached hydrogens (tertiary/aromatic N) is 2. The van der Waals surface area contributed by atoms with E-state index < -0.39 is 23.5 Å². The van der Waals surface area contributed by atoms with E-state index in [-0.39, 0.29) is 13.1 Å². The number of imide groups is 1. The summed E-state index contributed by atoms with van der Waals surface area (Å²) in [6.45, 7) is -0.300. The summed E-state index contributed by atoms with van der Waals surface area (Å²) >= 11 is 0. The molecule has 1 heterocycles. The number of carbonyl (C=O) groups excluding carboxylic acids is 3. The number of benzene rings is 2. The molecule has 2 aromatic carbocycles. The van der Waals surface area contributed by atoms with Crippen molar-refractivity contribution in [3.63, 3.8) is 0 Å². The molecule has 0 saturated heterocycles. The summed E-state index contributed by atoms with van der Waals surface area (Å²) < 4.78 is 13.7. The van der Waals surface area contributed by atoms with Crippen LogP contribution in [0.5, 0.6) is 0 Å². The summed E-state index contributed by atoms with van der Waals surface area (Å²) in [5.74, 6) is -1.81. The topological polar surface area (TPSA) is 57.7 Å². The van der Waals surface area contributed by atoms with Crippen molar-refractivity contribution in [3.8, 4) is 0 Å². The predicted octanol–water partition coefficient (Wildman–Crippen LogP) is 2.08. The van der Waals surface area contributed by atoms with Crippen LogP contribution >= 0.6 is 0 Å². The maximum atomic E-state index is 13.7. The molecule has 5 nitrogen and oxygen atoms in total. The molecule has 0 atom stereocenters. The molecule has 0 aliphatic carbocycles. The molecule has 3 rings (SSSR count). The van der Waals surface area contributed by atoms with Gasteiger partial charge in [-0.25, -0.2) is 4.39 Å². The number of fused-ring (bicyclic) bond motifs is 1. The van der Waals surface area contributed by atoms with Gasteiger partial charge in [0.25, 0.3) is 11.8 Å². The van der Waals surface area contributed by atoms with Crippen LogP contribution in [0.15, 0.2) is 48.5 Å². The molecule has 1 aliphatic heterocycles. The first kappa shape index (κ1) is 15.9. The Morgan fingerprint density at radius 3 is 2.12 bits per heavy atom. The van der Waals surface area contributed by atoms with Crippen LogP contribution in [0, 0.1) is 5.82 Å². The summed E-state index contributed by atoms with van der Waals surface area (Å²) in [6, 6.07) is 12.6. The van der Waals surface area contributed by atoms with E-state index in [0.29, 0.717) is 16.7 Å². The summed E-state index contributed by atoms with van der Waals surface area (Å²) in [7, 11) is 1.51. The van der Waals surface area contributed by atoms with Gasteiger partial charge in [-0.2, -0.15) is 0 Å². The molecule has 0 unspecified atom stereocenters. The first-order valence-electron chi connectivity index (χ1n) is 7.41. The second-order valence-electron chi connectivity index (χ2n) is 5.58. The third kappa shape index (κ3) is 2.78. The number of rotatable bonds is 4.